The molecule has 2 nitrogen and oxygen atoms in total. The van der Waals surface area contributed by atoms with Gasteiger partial charge in [0, 0.05) is 7.11 Å². The number of aliphatic hydroxyl groups is 1. The standard InChI is InChI=1S/C13H17FO2/c1-16-12-7-2-3-8-13(12,15)10-5-4-6-11(14)9-10/h4-6,9,12,15H,2-3,7-8H2,1H3. The highest BCUT2D eigenvalue weighted by Gasteiger charge is 2.40. The molecule has 1 aromatic carbocycles. The van der Waals surface area contributed by atoms with Crippen molar-refractivity contribution in [1.82, 2.24) is 0 Å². The molecule has 0 aromatic heterocycles. The Labute approximate surface area is 95.1 Å². The second kappa shape index (κ2) is 4.52. The summed E-state index contributed by atoms with van der Waals surface area (Å²) in [6.07, 6.45) is 3.23. The van der Waals surface area contributed by atoms with E-state index in [4.69, 9.17) is 4.74 Å². The molecule has 0 radical (unpaired) electrons. The Kier molecular flexibility index (Phi) is 3.26. The predicted molar refractivity (Wildman–Crippen MR) is 59.6 cm³/mol. The molecule has 88 valence electrons. The largest absolute Gasteiger partial charge is 0.382 e. The SMILES string of the molecule is COC1CCCCC1(O)c1cccc(F)c1. The molecule has 2 rings (SSSR count). The Morgan fingerprint density at radius 1 is 1.44 bits per heavy atom. The minimum atomic E-state index is -1.03. The van der Waals surface area contributed by atoms with Crippen molar-refractivity contribution in [3.8, 4) is 0 Å². The first-order valence-corrected chi connectivity index (χ1v) is 5.68. The van der Waals surface area contributed by atoms with Crippen molar-refractivity contribution in [2.24, 2.45) is 0 Å². The number of benzene rings is 1. The van der Waals surface area contributed by atoms with Crippen LogP contribution in [-0.4, -0.2) is 18.3 Å². The first-order chi connectivity index (χ1) is 7.66. The van der Waals surface area contributed by atoms with Crippen molar-refractivity contribution >= 4 is 0 Å². The van der Waals surface area contributed by atoms with Gasteiger partial charge in [-0.1, -0.05) is 25.0 Å². The first-order valence-electron chi connectivity index (χ1n) is 5.68. The maximum absolute atomic E-state index is 13.2. The fourth-order valence-electron chi connectivity index (χ4n) is 2.52. The molecule has 1 N–H and O–H groups in total. The van der Waals surface area contributed by atoms with Crippen molar-refractivity contribution in [3.05, 3.63) is 35.6 Å². The Morgan fingerprint density at radius 2 is 2.25 bits per heavy atom. The lowest BCUT2D eigenvalue weighted by molar-refractivity contribution is -0.122. The molecule has 1 aliphatic carbocycles. The van der Waals surface area contributed by atoms with Crippen LogP contribution in [-0.2, 0) is 10.3 Å². The molecule has 1 aromatic rings. The maximum atomic E-state index is 13.2. The van der Waals surface area contributed by atoms with E-state index in [0.717, 1.165) is 19.3 Å². The second-order valence-electron chi connectivity index (χ2n) is 4.40. The molecule has 0 amide bonds. The molecule has 0 aliphatic heterocycles. The molecule has 2 unspecified atom stereocenters. The summed E-state index contributed by atoms with van der Waals surface area (Å²) in [4.78, 5) is 0. The lowest BCUT2D eigenvalue weighted by Gasteiger charge is -2.39. The number of halogens is 1. The average molecular weight is 224 g/mol. The molecule has 3 heteroatoms. The first kappa shape index (κ1) is 11.6. The molecular weight excluding hydrogens is 207 g/mol. The van der Waals surface area contributed by atoms with Crippen LogP contribution in [0, 0.1) is 5.82 Å². The van der Waals surface area contributed by atoms with E-state index in [9.17, 15) is 9.50 Å². The molecule has 1 saturated carbocycles. The van der Waals surface area contributed by atoms with Crippen molar-refractivity contribution < 1.29 is 14.2 Å². The van der Waals surface area contributed by atoms with E-state index in [1.54, 1.807) is 19.2 Å². The van der Waals surface area contributed by atoms with Gasteiger partial charge in [-0.3, -0.25) is 0 Å². The zero-order valence-electron chi connectivity index (χ0n) is 9.45. The fraction of sp³-hybridized carbons (Fsp3) is 0.538. The molecule has 2 atom stereocenters. The Hall–Kier alpha value is -0.930. The van der Waals surface area contributed by atoms with Gasteiger partial charge in [0.2, 0.25) is 0 Å². The van der Waals surface area contributed by atoms with E-state index in [2.05, 4.69) is 0 Å². The Balaban J connectivity index is 2.34. The molecule has 16 heavy (non-hydrogen) atoms. The Bertz CT molecular complexity index is 367. The van der Waals surface area contributed by atoms with Crippen molar-refractivity contribution in [3.63, 3.8) is 0 Å². The molecule has 1 aliphatic rings. The van der Waals surface area contributed by atoms with Crippen LogP contribution in [0.1, 0.15) is 31.2 Å². The van der Waals surface area contributed by atoms with E-state index in [0.29, 0.717) is 12.0 Å². The fourth-order valence-corrected chi connectivity index (χ4v) is 2.52. The van der Waals surface area contributed by atoms with Gasteiger partial charge in [0.15, 0.2) is 0 Å². The van der Waals surface area contributed by atoms with Gasteiger partial charge in [0.05, 0.1) is 6.10 Å². The van der Waals surface area contributed by atoms with E-state index < -0.39 is 5.60 Å². The van der Waals surface area contributed by atoms with Crippen molar-refractivity contribution in [1.29, 1.82) is 0 Å². The normalized spacial score (nSPS) is 30.3. The number of methoxy groups -OCH3 is 1. The van der Waals surface area contributed by atoms with Crippen LogP contribution in [0.5, 0.6) is 0 Å². The third kappa shape index (κ3) is 1.97. The summed E-state index contributed by atoms with van der Waals surface area (Å²) in [5.74, 6) is -0.314. The van der Waals surface area contributed by atoms with E-state index in [1.165, 1.54) is 12.1 Å². The topological polar surface area (TPSA) is 29.5 Å². The number of hydrogen-bond donors (Lipinski definition) is 1. The van der Waals surface area contributed by atoms with E-state index >= 15 is 0 Å². The summed E-state index contributed by atoms with van der Waals surface area (Å²) in [6.45, 7) is 0. The van der Waals surface area contributed by atoms with Crippen LogP contribution >= 0.6 is 0 Å². The van der Waals surface area contributed by atoms with Gasteiger partial charge in [-0.2, -0.15) is 0 Å². The smallest absolute Gasteiger partial charge is 0.123 e. The third-order valence-electron chi connectivity index (χ3n) is 3.42. The minimum Gasteiger partial charge on any atom is -0.382 e. The average Bonchev–Trinajstić information content (AvgIpc) is 2.30. The maximum Gasteiger partial charge on any atom is 0.123 e. The lowest BCUT2D eigenvalue weighted by Crippen LogP contribution is -2.43. The van der Waals surface area contributed by atoms with Crippen LogP contribution in [0.15, 0.2) is 24.3 Å². The summed E-state index contributed by atoms with van der Waals surface area (Å²) < 4.78 is 18.5. The van der Waals surface area contributed by atoms with Gasteiger partial charge in [0.1, 0.15) is 11.4 Å². The molecule has 1 fully saturated rings. The summed E-state index contributed by atoms with van der Waals surface area (Å²) in [5.41, 5.74) is -0.409. The van der Waals surface area contributed by atoms with Crippen LogP contribution in [0.3, 0.4) is 0 Å². The van der Waals surface area contributed by atoms with E-state index in [-0.39, 0.29) is 11.9 Å². The quantitative estimate of drug-likeness (QED) is 0.836. The highest BCUT2D eigenvalue weighted by atomic mass is 19.1. The van der Waals surface area contributed by atoms with Crippen LogP contribution < -0.4 is 0 Å². The summed E-state index contributed by atoms with van der Waals surface area (Å²) in [7, 11) is 1.60. The monoisotopic (exact) mass is 224 g/mol. The third-order valence-corrected chi connectivity index (χ3v) is 3.42. The zero-order chi connectivity index (χ0) is 11.6. The summed E-state index contributed by atoms with van der Waals surface area (Å²) >= 11 is 0. The number of ether oxygens (including phenoxy) is 1. The lowest BCUT2D eigenvalue weighted by atomic mass is 9.77. The number of hydrogen-bond acceptors (Lipinski definition) is 2. The Morgan fingerprint density at radius 3 is 2.94 bits per heavy atom. The zero-order valence-corrected chi connectivity index (χ0v) is 9.45. The van der Waals surface area contributed by atoms with Crippen LogP contribution in [0.4, 0.5) is 4.39 Å². The summed E-state index contributed by atoms with van der Waals surface area (Å²) in [5, 5.41) is 10.6. The second-order valence-corrected chi connectivity index (χ2v) is 4.40. The molecule has 0 heterocycles. The van der Waals surface area contributed by atoms with Crippen LogP contribution in [0.2, 0.25) is 0 Å². The van der Waals surface area contributed by atoms with Gasteiger partial charge < -0.3 is 9.84 Å². The van der Waals surface area contributed by atoms with Gasteiger partial charge in [0.25, 0.3) is 0 Å². The summed E-state index contributed by atoms with van der Waals surface area (Å²) in [6, 6.07) is 6.18. The van der Waals surface area contributed by atoms with Crippen molar-refractivity contribution in [2.75, 3.05) is 7.11 Å². The van der Waals surface area contributed by atoms with Gasteiger partial charge in [-0.25, -0.2) is 4.39 Å². The molecule has 0 saturated heterocycles. The minimum absolute atomic E-state index is 0.233. The van der Waals surface area contributed by atoms with Gasteiger partial charge >= 0.3 is 0 Å². The highest BCUT2D eigenvalue weighted by Crippen LogP contribution is 2.38. The van der Waals surface area contributed by atoms with Gasteiger partial charge in [-0.15, -0.1) is 0 Å². The van der Waals surface area contributed by atoms with Gasteiger partial charge in [-0.05, 0) is 30.5 Å². The molecule has 0 bridgehead atoms. The molecule has 0 spiro atoms. The van der Waals surface area contributed by atoms with Crippen molar-refractivity contribution in [2.45, 2.75) is 37.4 Å². The predicted octanol–water partition coefficient (Wildman–Crippen LogP) is 2.60. The molecular formula is C13H17FO2. The van der Waals surface area contributed by atoms with Crippen LogP contribution in [0.25, 0.3) is 0 Å². The highest BCUT2D eigenvalue weighted by molar-refractivity contribution is 5.25. The van der Waals surface area contributed by atoms with E-state index in [1.807, 2.05) is 0 Å². The number of rotatable bonds is 2.